The molecule has 0 spiro atoms. The summed E-state index contributed by atoms with van der Waals surface area (Å²) in [7, 11) is -4.67. The van der Waals surface area contributed by atoms with E-state index in [1.807, 2.05) is 6.07 Å². The van der Waals surface area contributed by atoms with Gasteiger partial charge in [-0.25, -0.2) is 8.42 Å². The van der Waals surface area contributed by atoms with Gasteiger partial charge in [0, 0.05) is 11.1 Å². The Morgan fingerprint density at radius 2 is 1.77 bits per heavy atom. The summed E-state index contributed by atoms with van der Waals surface area (Å²) in [6.45, 7) is 1.79. The van der Waals surface area contributed by atoms with E-state index in [0.29, 0.717) is 5.02 Å². The number of alkyl halides is 2. The molecule has 7 heteroatoms. The Kier molecular flexibility index (Phi) is 5.03. The lowest BCUT2D eigenvalue weighted by Crippen LogP contribution is -2.15. The van der Waals surface area contributed by atoms with Gasteiger partial charge in [-0.2, -0.15) is 8.78 Å². The van der Waals surface area contributed by atoms with E-state index in [4.69, 9.17) is 11.6 Å². The van der Waals surface area contributed by atoms with Gasteiger partial charge in [0.05, 0.1) is 10.6 Å². The highest BCUT2D eigenvalue weighted by atomic mass is 35.5. The number of anilines is 1. The Bertz CT molecular complexity index is 766. The van der Waals surface area contributed by atoms with Crippen LogP contribution in [0.3, 0.4) is 0 Å². The molecule has 2 aromatic carbocycles. The molecule has 2 aromatic rings. The third-order valence-corrected chi connectivity index (χ3v) is 4.82. The topological polar surface area (TPSA) is 46.2 Å². The van der Waals surface area contributed by atoms with Gasteiger partial charge in [-0.05, 0) is 36.8 Å². The lowest BCUT2D eigenvalue weighted by Gasteiger charge is -2.18. The van der Waals surface area contributed by atoms with Gasteiger partial charge in [0.15, 0.2) is 0 Å². The summed E-state index contributed by atoms with van der Waals surface area (Å²) in [6, 6.07) is 12.3. The van der Waals surface area contributed by atoms with Crippen molar-refractivity contribution < 1.29 is 17.2 Å². The summed E-state index contributed by atoms with van der Waals surface area (Å²) in [6.07, 6.45) is 0. The highest BCUT2D eigenvalue weighted by Gasteiger charge is 2.29. The molecule has 0 saturated carbocycles. The fourth-order valence-corrected chi connectivity index (χ4v) is 3.11. The number of hydrogen-bond acceptors (Lipinski definition) is 3. The summed E-state index contributed by atoms with van der Waals surface area (Å²) in [4.78, 5) is -0.418. The van der Waals surface area contributed by atoms with Crippen molar-refractivity contribution in [3.8, 4) is 0 Å². The van der Waals surface area contributed by atoms with Gasteiger partial charge in [0.25, 0.3) is 0 Å². The van der Waals surface area contributed by atoms with Crippen LogP contribution in [0.25, 0.3) is 0 Å². The van der Waals surface area contributed by atoms with Crippen molar-refractivity contribution in [2.24, 2.45) is 0 Å². The molecule has 22 heavy (non-hydrogen) atoms. The molecular weight excluding hydrogens is 332 g/mol. The Hall–Kier alpha value is -1.66. The molecule has 0 aliphatic carbocycles. The number of para-hydroxylation sites is 1. The Labute approximate surface area is 132 Å². The molecule has 2 rings (SSSR count). The standard InChI is InChI=1S/C15H14ClF2NO2S/c1-10(11-5-4-6-12(16)9-11)19-13-7-2-3-8-14(13)22(20,21)15(17)18/h2-10,15,19H,1H3. The van der Waals surface area contributed by atoms with Gasteiger partial charge in [0.2, 0.25) is 9.84 Å². The predicted octanol–water partition coefficient (Wildman–Crippen LogP) is 4.51. The SMILES string of the molecule is CC(Nc1ccccc1S(=O)(=O)C(F)F)c1cccc(Cl)c1. The molecule has 0 saturated heterocycles. The number of hydrogen-bond donors (Lipinski definition) is 1. The number of rotatable bonds is 5. The van der Waals surface area contributed by atoms with Gasteiger partial charge in [-0.3, -0.25) is 0 Å². The molecule has 1 atom stereocenters. The van der Waals surface area contributed by atoms with Crippen LogP contribution in [0.4, 0.5) is 14.5 Å². The summed E-state index contributed by atoms with van der Waals surface area (Å²) >= 11 is 5.91. The van der Waals surface area contributed by atoms with Crippen LogP contribution in [0.1, 0.15) is 18.5 Å². The second-order valence-corrected chi connectivity index (χ2v) is 7.05. The fourth-order valence-electron chi connectivity index (χ4n) is 2.02. The lowest BCUT2D eigenvalue weighted by atomic mass is 10.1. The minimum Gasteiger partial charge on any atom is -0.377 e. The number of benzene rings is 2. The van der Waals surface area contributed by atoms with Crippen molar-refractivity contribution in [3.63, 3.8) is 0 Å². The van der Waals surface area contributed by atoms with E-state index in [9.17, 15) is 17.2 Å². The van der Waals surface area contributed by atoms with E-state index < -0.39 is 20.5 Å². The fraction of sp³-hybridized carbons (Fsp3) is 0.200. The van der Waals surface area contributed by atoms with E-state index in [0.717, 1.165) is 11.6 Å². The number of sulfone groups is 1. The monoisotopic (exact) mass is 345 g/mol. The zero-order valence-corrected chi connectivity index (χ0v) is 13.2. The first kappa shape index (κ1) is 16.7. The average Bonchev–Trinajstić information content (AvgIpc) is 2.47. The predicted molar refractivity (Wildman–Crippen MR) is 83.1 cm³/mol. The maximum absolute atomic E-state index is 12.8. The Balaban J connectivity index is 2.35. The molecule has 1 unspecified atom stereocenters. The van der Waals surface area contributed by atoms with E-state index in [2.05, 4.69) is 5.32 Å². The smallest absolute Gasteiger partial charge is 0.341 e. The maximum atomic E-state index is 12.8. The summed E-state index contributed by atoms with van der Waals surface area (Å²) in [5.74, 6) is -3.46. The van der Waals surface area contributed by atoms with Crippen LogP contribution in [0.15, 0.2) is 53.4 Å². The highest BCUT2D eigenvalue weighted by molar-refractivity contribution is 7.91. The van der Waals surface area contributed by atoms with Crippen LogP contribution >= 0.6 is 11.6 Å². The molecule has 0 radical (unpaired) electrons. The molecule has 0 aliphatic heterocycles. The van der Waals surface area contributed by atoms with Gasteiger partial charge in [0.1, 0.15) is 0 Å². The third-order valence-electron chi connectivity index (χ3n) is 3.15. The zero-order valence-electron chi connectivity index (χ0n) is 11.6. The van der Waals surface area contributed by atoms with Crippen LogP contribution in [0.5, 0.6) is 0 Å². The quantitative estimate of drug-likeness (QED) is 0.867. The Morgan fingerprint density at radius 1 is 1.09 bits per heavy atom. The van der Waals surface area contributed by atoms with Crippen molar-refractivity contribution in [1.29, 1.82) is 0 Å². The average molecular weight is 346 g/mol. The van der Waals surface area contributed by atoms with Crippen LogP contribution in [-0.4, -0.2) is 14.2 Å². The normalized spacial score (nSPS) is 13.1. The van der Waals surface area contributed by atoms with E-state index in [-0.39, 0.29) is 11.7 Å². The molecule has 0 fully saturated rings. The van der Waals surface area contributed by atoms with Crippen LogP contribution in [0.2, 0.25) is 5.02 Å². The maximum Gasteiger partial charge on any atom is 0.341 e. The van der Waals surface area contributed by atoms with Crippen LogP contribution in [-0.2, 0) is 9.84 Å². The van der Waals surface area contributed by atoms with Gasteiger partial charge in [-0.1, -0.05) is 35.9 Å². The first-order chi connectivity index (χ1) is 10.3. The Morgan fingerprint density at radius 3 is 2.41 bits per heavy atom. The number of nitrogens with one attached hydrogen (secondary N) is 1. The molecule has 0 aromatic heterocycles. The second kappa shape index (κ2) is 6.62. The molecule has 0 aliphatic rings. The number of halogens is 3. The highest BCUT2D eigenvalue weighted by Crippen LogP contribution is 2.29. The van der Waals surface area contributed by atoms with Gasteiger partial charge < -0.3 is 5.32 Å². The summed E-state index contributed by atoms with van der Waals surface area (Å²) < 4.78 is 48.9. The van der Waals surface area contributed by atoms with E-state index in [1.165, 1.54) is 12.1 Å². The van der Waals surface area contributed by atoms with Gasteiger partial charge >= 0.3 is 5.76 Å². The largest absolute Gasteiger partial charge is 0.377 e. The van der Waals surface area contributed by atoms with Crippen molar-refractivity contribution in [2.45, 2.75) is 23.6 Å². The first-order valence-corrected chi connectivity index (χ1v) is 8.38. The van der Waals surface area contributed by atoms with Crippen molar-refractivity contribution in [2.75, 3.05) is 5.32 Å². The van der Waals surface area contributed by atoms with Crippen molar-refractivity contribution >= 4 is 27.1 Å². The molecule has 1 N–H and O–H groups in total. The molecular formula is C15H14ClF2NO2S. The summed E-state index contributed by atoms with van der Waals surface area (Å²) in [5, 5.41) is 3.49. The van der Waals surface area contributed by atoms with Crippen LogP contribution in [0, 0.1) is 0 Å². The van der Waals surface area contributed by atoms with E-state index >= 15 is 0 Å². The molecule has 0 heterocycles. The van der Waals surface area contributed by atoms with Gasteiger partial charge in [-0.15, -0.1) is 0 Å². The molecule has 3 nitrogen and oxygen atoms in total. The van der Waals surface area contributed by atoms with Crippen LogP contribution < -0.4 is 5.32 Å². The second-order valence-electron chi connectivity index (χ2n) is 4.72. The van der Waals surface area contributed by atoms with Crippen molar-refractivity contribution in [3.05, 3.63) is 59.1 Å². The van der Waals surface area contributed by atoms with Crippen molar-refractivity contribution in [1.82, 2.24) is 0 Å². The summed E-state index contributed by atoms with van der Waals surface area (Å²) in [5.41, 5.74) is 0.951. The van der Waals surface area contributed by atoms with E-state index in [1.54, 1.807) is 31.2 Å². The molecule has 0 bridgehead atoms. The minimum atomic E-state index is -4.67. The zero-order chi connectivity index (χ0) is 16.3. The minimum absolute atomic E-state index is 0.135. The molecule has 118 valence electrons. The molecule has 0 amide bonds. The first-order valence-electron chi connectivity index (χ1n) is 6.45. The lowest BCUT2D eigenvalue weighted by molar-refractivity contribution is 0.235. The third kappa shape index (κ3) is 3.56.